The van der Waals surface area contributed by atoms with Gasteiger partial charge in [0, 0.05) is 18.8 Å². The third-order valence-electron chi connectivity index (χ3n) is 4.73. The number of aryl methyl sites for hydroxylation is 2. The zero-order valence-corrected chi connectivity index (χ0v) is 15.4. The number of fused-ring (bicyclic) bond motifs is 1. The van der Waals surface area contributed by atoms with E-state index in [-0.39, 0.29) is 4.90 Å². The minimum absolute atomic E-state index is 0.272. The molecule has 1 saturated heterocycles. The first-order chi connectivity index (χ1) is 12.4. The summed E-state index contributed by atoms with van der Waals surface area (Å²) < 4.78 is 43.7. The van der Waals surface area contributed by atoms with E-state index in [4.69, 9.17) is 0 Å². The van der Waals surface area contributed by atoms with Crippen molar-refractivity contribution in [2.75, 3.05) is 6.54 Å². The predicted molar refractivity (Wildman–Crippen MR) is 94.7 cm³/mol. The van der Waals surface area contributed by atoms with Gasteiger partial charge >= 0.3 is 0 Å². The first-order valence-corrected chi connectivity index (χ1v) is 9.91. The third kappa shape index (κ3) is 2.69. The Morgan fingerprint density at radius 2 is 2.00 bits per heavy atom. The molecule has 8 heteroatoms. The summed E-state index contributed by atoms with van der Waals surface area (Å²) in [6.07, 6.45) is 3.02. The number of hydrogen-bond acceptors (Lipinski definition) is 4. The zero-order chi connectivity index (χ0) is 18.5. The van der Waals surface area contributed by atoms with E-state index in [1.807, 2.05) is 13.0 Å². The summed E-state index contributed by atoms with van der Waals surface area (Å²) in [5, 5.41) is 4.44. The SMILES string of the molecule is Cc1ccc(F)c(S(=O)(=O)N2CCC[C@@H]2c2ccnc3cc(C)nn23)c1. The van der Waals surface area contributed by atoms with Crippen molar-refractivity contribution in [3.05, 3.63) is 59.3 Å². The summed E-state index contributed by atoms with van der Waals surface area (Å²) >= 11 is 0. The highest BCUT2D eigenvalue weighted by atomic mass is 32.2. The molecule has 0 amide bonds. The van der Waals surface area contributed by atoms with Gasteiger partial charge in [0.05, 0.1) is 17.4 Å². The Morgan fingerprint density at radius 3 is 2.81 bits per heavy atom. The van der Waals surface area contributed by atoms with Gasteiger partial charge in [-0.3, -0.25) is 0 Å². The lowest BCUT2D eigenvalue weighted by molar-refractivity contribution is 0.382. The average Bonchev–Trinajstić information content (AvgIpc) is 3.22. The van der Waals surface area contributed by atoms with Crippen LogP contribution in [0.2, 0.25) is 0 Å². The highest BCUT2D eigenvalue weighted by Crippen LogP contribution is 2.37. The molecule has 0 radical (unpaired) electrons. The summed E-state index contributed by atoms with van der Waals surface area (Å²) in [6, 6.07) is 7.39. The van der Waals surface area contributed by atoms with E-state index in [9.17, 15) is 12.8 Å². The van der Waals surface area contributed by atoms with Crippen molar-refractivity contribution in [1.82, 2.24) is 18.9 Å². The molecule has 2 aromatic heterocycles. The lowest BCUT2D eigenvalue weighted by atomic mass is 10.1. The van der Waals surface area contributed by atoms with Crippen LogP contribution in [0.5, 0.6) is 0 Å². The Morgan fingerprint density at radius 1 is 1.19 bits per heavy atom. The maximum atomic E-state index is 14.3. The van der Waals surface area contributed by atoms with Crippen molar-refractivity contribution in [3.8, 4) is 0 Å². The third-order valence-corrected chi connectivity index (χ3v) is 6.65. The van der Waals surface area contributed by atoms with Gasteiger partial charge in [-0.15, -0.1) is 0 Å². The van der Waals surface area contributed by atoms with Crippen molar-refractivity contribution in [2.45, 2.75) is 37.6 Å². The van der Waals surface area contributed by atoms with Crippen LogP contribution < -0.4 is 0 Å². The van der Waals surface area contributed by atoms with E-state index >= 15 is 0 Å². The fourth-order valence-electron chi connectivity index (χ4n) is 3.54. The smallest absolute Gasteiger partial charge is 0.237 e. The van der Waals surface area contributed by atoms with Crippen LogP contribution in [0.15, 0.2) is 41.4 Å². The topological polar surface area (TPSA) is 67.6 Å². The molecule has 1 aliphatic rings. The van der Waals surface area contributed by atoms with Gasteiger partial charge in [-0.2, -0.15) is 9.40 Å². The summed E-state index contributed by atoms with van der Waals surface area (Å²) in [7, 11) is -3.95. The van der Waals surface area contributed by atoms with Crippen LogP contribution in [0.25, 0.3) is 5.65 Å². The molecule has 4 rings (SSSR count). The Hall–Kier alpha value is -2.32. The highest BCUT2D eigenvalue weighted by Gasteiger charge is 2.38. The fraction of sp³-hybridized carbons (Fsp3) is 0.333. The maximum Gasteiger partial charge on any atom is 0.246 e. The molecule has 6 nitrogen and oxygen atoms in total. The Bertz CT molecular complexity index is 1090. The van der Waals surface area contributed by atoms with E-state index in [2.05, 4.69) is 10.1 Å². The largest absolute Gasteiger partial charge is 0.246 e. The number of aromatic nitrogens is 3. The molecule has 0 bridgehead atoms. The fourth-order valence-corrected chi connectivity index (χ4v) is 5.36. The molecular weight excluding hydrogens is 355 g/mol. The van der Waals surface area contributed by atoms with Gasteiger partial charge in [0.1, 0.15) is 10.7 Å². The molecule has 136 valence electrons. The lowest BCUT2D eigenvalue weighted by Crippen LogP contribution is -2.32. The van der Waals surface area contributed by atoms with E-state index in [0.717, 1.165) is 11.4 Å². The molecule has 0 unspecified atom stereocenters. The average molecular weight is 374 g/mol. The van der Waals surface area contributed by atoms with Gasteiger partial charge in [0.25, 0.3) is 0 Å². The Kier molecular flexibility index (Phi) is 4.04. The van der Waals surface area contributed by atoms with Crippen LogP contribution in [0.1, 0.15) is 35.8 Å². The van der Waals surface area contributed by atoms with Crippen LogP contribution >= 0.6 is 0 Å². The predicted octanol–water partition coefficient (Wildman–Crippen LogP) is 3.01. The van der Waals surface area contributed by atoms with Crippen LogP contribution in [-0.4, -0.2) is 33.9 Å². The van der Waals surface area contributed by atoms with Crippen molar-refractivity contribution >= 4 is 15.7 Å². The first kappa shape index (κ1) is 17.1. The molecule has 3 aromatic rings. The molecule has 3 heterocycles. The molecular formula is C18H19FN4O2S. The standard InChI is InChI=1S/C18H19FN4O2S/c1-12-5-6-14(19)17(10-12)26(24,25)22-9-3-4-15(22)16-7-8-20-18-11-13(2)21-23(16)18/h5-8,10-11,15H,3-4,9H2,1-2H3/t15-/m1/s1. The molecule has 1 aliphatic heterocycles. The Labute approximate surface area is 151 Å². The summed E-state index contributed by atoms with van der Waals surface area (Å²) in [4.78, 5) is 4.01. The second-order valence-electron chi connectivity index (χ2n) is 6.63. The number of benzene rings is 1. The van der Waals surface area contributed by atoms with Crippen molar-refractivity contribution in [3.63, 3.8) is 0 Å². The zero-order valence-electron chi connectivity index (χ0n) is 14.6. The molecule has 0 saturated carbocycles. The van der Waals surface area contributed by atoms with Crippen LogP contribution in [0.3, 0.4) is 0 Å². The quantitative estimate of drug-likeness (QED) is 0.707. The Balaban J connectivity index is 1.82. The molecule has 1 fully saturated rings. The molecule has 0 spiro atoms. The van der Waals surface area contributed by atoms with Gasteiger partial charge < -0.3 is 0 Å². The van der Waals surface area contributed by atoms with Gasteiger partial charge in [0.15, 0.2) is 5.65 Å². The summed E-state index contributed by atoms with van der Waals surface area (Å²) in [5.74, 6) is -0.726. The van der Waals surface area contributed by atoms with Gasteiger partial charge in [-0.25, -0.2) is 22.3 Å². The van der Waals surface area contributed by atoms with E-state index < -0.39 is 21.9 Å². The van der Waals surface area contributed by atoms with E-state index in [1.54, 1.807) is 29.8 Å². The second-order valence-corrected chi connectivity index (χ2v) is 8.49. The van der Waals surface area contributed by atoms with E-state index in [1.165, 1.54) is 16.4 Å². The number of nitrogens with zero attached hydrogens (tertiary/aromatic N) is 4. The lowest BCUT2D eigenvalue weighted by Gasteiger charge is -2.25. The molecule has 0 N–H and O–H groups in total. The molecule has 1 aromatic carbocycles. The van der Waals surface area contributed by atoms with Crippen molar-refractivity contribution in [1.29, 1.82) is 0 Å². The minimum Gasteiger partial charge on any atom is -0.237 e. The number of hydrogen-bond donors (Lipinski definition) is 0. The summed E-state index contributed by atoms with van der Waals surface area (Å²) in [5.41, 5.74) is 2.93. The van der Waals surface area contributed by atoms with Gasteiger partial charge in [0.2, 0.25) is 10.0 Å². The monoisotopic (exact) mass is 374 g/mol. The summed E-state index contributed by atoms with van der Waals surface area (Å²) in [6.45, 7) is 3.97. The number of halogens is 1. The van der Waals surface area contributed by atoms with Crippen LogP contribution in [-0.2, 0) is 10.0 Å². The van der Waals surface area contributed by atoms with Crippen molar-refractivity contribution in [2.24, 2.45) is 0 Å². The van der Waals surface area contributed by atoms with Crippen molar-refractivity contribution < 1.29 is 12.8 Å². The normalized spacial score (nSPS) is 18.7. The molecule has 26 heavy (non-hydrogen) atoms. The van der Waals surface area contributed by atoms with Gasteiger partial charge in [-0.1, -0.05) is 6.07 Å². The molecule has 1 atom stereocenters. The number of sulfonamides is 1. The van der Waals surface area contributed by atoms with Gasteiger partial charge in [-0.05, 0) is 50.5 Å². The highest BCUT2D eigenvalue weighted by molar-refractivity contribution is 7.89. The van der Waals surface area contributed by atoms with Crippen LogP contribution in [0.4, 0.5) is 4.39 Å². The first-order valence-electron chi connectivity index (χ1n) is 8.47. The molecule has 0 aliphatic carbocycles. The van der Waals surface area contributed by atoms with Crippen LogP contribution in [0, 0.1) is 19.7 Å². The minimum atomic E-state index is -3.95. The maximum absolute atomic E-state index is 14.3. The van der Waals surface area contributed by atoms with E-state index in [0.29, 0.717) is 30.6 Å². The number of rotatable bonds is 3. The second kappa shape index (κ2) is 6.14.